The summed E-state index contributed by atoms with van der Waals surface area (Å²) in [7, 11) is 0. The average molecular weight is 395 g/mol. The van der Waals surface area contributed by atoms with Crippen molar-refractivity contribution in [2.45, 2.75) is 6.18 Å². The second-order valence-electron chi connectivity index (χ2n) is 5.68. The first-order valence-corrected chi connectivity index (χ1v) is 8.09. The van der Waals surface area contributed by atoms with Crippen molar-refractivity contribution in [3.8, 4) is 11.5 Å². The lowest BCUT2D eigenvalue weighted by Crippen LogP contribution is -2.25. The maximum absolute atomic E-state index is 13.5. The Hall–Kier alpha value is -3.00. The molecule has 2 heterocycles. The van der Waals surface area contributed by atoms with Crippen LogP contribution in [0.3, 0.4) is 0 Å². The van der Waals surface area contributed by atoms with E-state index in [9.17, 15) is 18.0 Å². The van der Waals surface area contributed by atoms with Gasteiger partial charge in [0, 0.05) is 6.07 Å². The van der Waals surface area contributed by atoms with Crippen molar-refractivity contribution in [2.75, 3.05) is 11.8 Å². The van der Waals surface area contributed by atoms with E-state index in [0.29, 0.717) is 11.5 Å². The van der Waals surface area contributed by atoms with E-state index in [-0.39, 0.29) is 23.1 Å². The smallest absolute Gasteiger partial charge is 0.435 e. The Morgan fingerprint density at radius 1 is 1.11 bits per heavy atom. The van der Waals surface area contributed by atoms with Crippen LogP contribution in [0.25, 0.3) is 6.08 Å². The Morgan fingerprint density at radius 3 is 2.44 bits per heavy atom. The number of fused-ring (bicyclic) bond motifs is 1. The zero-order chi connectivity index (χ0) is 19.2. The molecule has 2 aromatic carbocycles. The third kappa shape index (κ3) is 3.12. The number of ether oxygens (including phenoxy) is 2. The van der Waals surface area contributed by atoms with Crippen molar-refractivity contribution < 1.29 is 27.4 Å². The Morgan fingerprint density at radius 2 is 1.78 bits per heavy atom. The number of alkyl halides is 3. The Bertz CT molecular complexity index is 987. The van der Waals surface area contributed by atoms with Gasteiger partial charge < -0.3 is 9.47 Å². The lowest BCUT2D eigenvalue weighted by molar-refractivity contribution is -0.114. The highest BCUT2D eigenvalue weighted by molar-refractivity contribution is 6.36. The molecular formula is C18H10ClF3N2O3. The highest BCUT2D eigenvalue weighted by atomic mass is 35.5. The number of amides is 1. The second kappa shape index (κ2) is 6.31. The van der Waals surface area contributed by atoms with Crippen LogP contribution < -0.4 is 14.5 Å². The highest BCUT2D eigenvalue weighted by Gasteiger charge is 2.46. The number of rotatable bonds is 2. The molecule has 0 fully saturated rings. The number of hydrazone groups is 1. The summed E-state index contributed by atoms with van der Waals surface area (Å²) < 4.78 is 50.8. The van der Waals surface area contributed by atoms with Crippen LogP contribution in [-0.2, 0) is 4.79 Å². The van der Waals surface area contributed by atoms with Crippen molar-refractivity contribution in [3.05, 3.63) is 58.6 Å². The SMILES string of the molecule is O=C1/C(=C\c2cc3c(cc2Cl)OCO3)C(C(F)(F)F)=NN1c1ccccc1. The molecule has 0 saturated heterocycles. The number of hydrogen-bond acceptors (Lipinski definition) is 4. The first-order chi connectivity index (χ1) is 12.8. The molecule has 4 rings (SSSR count). The number of carbonyl (C=O) groups is 1. The molecule has 0 spiro atoms. The van der Waals surface area contributed by atoms with Crippen LogP contribution in [0, 0.1) is 0 Å². The summed E-state index contributed by atoms with van der Waals surface area (Å²) in [6.45, 7) is -0.0122. The number of para-hydroxylation sites is 1. The molecule has 1 amide bonds. The van der Waals surface area contributed by atoms with E-state index in [1.165, 1.54) is 24.3 Å². The van der Waals surface area contributed by atoms with Crippen molar-refractivity contribution in [2.24, 2.45) is 5.10 Å². The third-order valence-electron chi connectivity index (χ3n) is 3.94. The van der Waals surface area contributed by atoms with Crippen LogP contribution in [0.5, 0.6) is 11.5 Å². The van der Waals surface area contributed by atoms with E-state index in [1.54, 1.807) is 18.2 Å². The van der Waals surface area contributed by atoms with Gasteiger partial charge in [0.05, 0.1) is 16.3 Å². The molecule has 0 radical (unpaired) electrons. The standard InChI is InChI=1S/C18H10ClF3N2O3/c19-13-8-15-14(26-9-27-15)7-10(13)6-12-16(18(20,21)22)23-24(17(12)25)11-4-2-1-3-5-11/h1-8H,9H2/b12-6-. The van der Waals surface area contributed by atoms with Crippen molar-refractivity contribution in [1.82, 2.24) is 0 Å². The molecule has 9 heteroatoms. The van der Waals surface area contributed by atoms with Gasteiger partial charge in [-0.2, -0.15) is 23.3 Å². The van der Waals surface area contributed by atoms with Crippen molar-refractivity contribution in [3.63, 3.8) is 0 Å². The lowest BCUT2D eigenvalue weighted by atomic mass is 10.1. The summed E-state index contributed by atoms with van der Waals surface area (Å²) in [4.78, 5) is 12.7. The minimum atomic E-state index is -4.81. The fraction of sp³-hybridized carbons (Fsp3) is 0.111. The number of carbonyl (C=O) groups excluding carboxylic acids is 1. The minimum absolute atomic E-state index is 0.0122. The molecule has 138 valence electrons. The molecule has 0 aliphatic carbocycles. The normalized spacial score (nSPS) is 17.6. The summed E-state index contributed by atoms with van der Waals surface area (Å²) in [6, 6.07) is 10.7. The van der Waals surface area contributed by atoms with Crippen LogP contribution in [0.4, 0.5) is 18.9 Å². The molecule has 0 aromatic heterocycles. The molecular weight excluding hydrogens is 385 g/mol. The van der Waals surface area contributed by atoms with Gasteiger partial charge in [0.25, 0.3) is 5.91 Å². The average Bonchev–Trinajstić information content (AvgIpc) is 3.20. The van der Waals surface area contributed by atoms with E-state index in [1.807, 2.05) is 0 Å². The molecule has 0 unspecified atom stereocenters. The van der Waals surface area contributed by atoms with Gasteiger partial charge in [-0.3, -0.25) is 4.79 Å². The first kappa shape index (κ1) is 17.4. The number of anilines is 1. The van der Waals surface area contributed by atoms with Gasteiger partial charge in [-0.25, -0.2) is 0 Å². The minimum Gasteiger partial charge on any atom is -0.454 e. The number of nitrogens with zero attached hydrogens (tertiary/aromatic N) is 2. The van der Waals surface area contributed by atoms with Crippen molar-refractivity contribution >= 4 is 35.0 Å². The van der Waals surface area contributed by atoms with Gasteiger partial charge in [0.1, 0.15) is 0 Å². The van der Waals surface area contributed by atoms with E-state index in [2.05, 4.69) is 5.10 Å². The maximum Gasteiger partial charge on any atom is 0.435 e. The van der Waals surface area contributed by atoms with E-state index in [4.69, 9.17) is 21.1 Å². The summed E-state index contributed by atoms with van der Waals surface area (Å²) in [5, 5.41) is 4.34. The molecule has 5 nitrogen and oxygen atoms in total. The topological polar surface area (TPSA) is 51.1 Å². The number of benzene rings is 2. The summed E-state index contributed by atoms with van der Waals surface area (Å²) in [5.41, 5.74) is -1.47. The zero-order valence-corrected chi connectivity index (χ0v) is 14.2. The molecule has 0 saturated carbocycles. The summed E-state index contributed by atoms with van der Waals surface area (Å²) >= 11 is 6.12. The van der Waals surface area contributed by atoms with Crippen LogP contribution >= 0.6 is 11.6 Å². The van der Waals surface area contributed by atoms with E-state index < -0.39 is 23.4 Å². The molecule has 2 aromatic rings. The van der Waals surface area contributed by atoms with Gasteiger partial charge in [0.15, 0.2) is 17.2 Å². The van der Waals surface area contributed by atoms with Crippen molar-refractivity contribution in [1.29, 1.82) is 0 Å². The predicted molar refractivity (Wildman–Crippen MR) is 93.0 cm³/mol. The van der Waals surface area contributed by atoms with Crippen LogP contribution in [-0.4, -0.2) is 24.6 Å². The number of hydrogen-bond donors (Lipinski definition) is 0. The number of halogens is 4. The fourth-order valence-corrected chi connectivity index (χ4v) is 2.91. The summed E-state index contributed by atoms with van der Waals surface area (Å²) in [6.07, 6.45) is -3.75. The second-order valence-corrected chi connectivity index (χ2v) is 6.09. The molecule has 0 bridgehead atoms. The Balaban J connectivity index is 1.81. The molecule has 27 heavy (non-hydrogen) atoms. The van der Waals surface area contributed by atoms with Gasteiger partial charge in [0.2, 0.25) is 6.79 Å². The highest BCUT2D eigenvalue weighted by Crippen LogP contribution is 2.39. The summed E-state index contributed by atoms with van der Waals surface area (Å²) in [5.74, 6) is -0.181. The Labute approximate surface area is 156 Å². The van der Waals surface area contributed by atoms with Crippen LogP contribution in [0.15, 0.2) is 53.1 Å². The molecule has 0 atom stereocenters. The maximum atomic E-state index is 13.5. The quantitative estimate of drug-likeness (QED) is 0.709. The fourth-order valence-electron chi connectivity index (χ4n) is 2.70. The first-order valence-electron chi connectivity index (χ1n) is 7.71. The van der Waals surface area contributed by atoms with Gasteiger partial charge in [-0.15, -0.1) is 0 Å². The van der Waals surface area contributed by atoms with E-state index >= 15 is 0 Å². The molecule has 2 aliphatic rings. The monoisotopic (exact) mass is 394 g/mol. The van der Waals surface area contributed by atoms with Crippen LogP contribution in [0.1, 0.15) is 5.56 Å². The largest absolute Gasteiger partial charge is 0.454 e. The zero-order valence-electron chi connectivity index (χ0n) is 13.5. The molecule has 2 aliphatic heterocycles. The molecule has 0 N–H and O–H groups in total. The Kier molecular flexibility index (Phi) is 4.07. The van der Waals surface area contributed by atoms with Gasteiger partial charge in [-0.1, -0.05) is 29.8 Å². The predicted octanol–water partition coefficient (Wildman–Crippen LogP) is 4.42. The van der Waals surface area contributed by atoms with Gasteiger partial charge >= 0.3 is 6.18 Å². The van der Waals surface area contributed by atoms with E-state index in [0.717, 1.165) is 11.1 Å². The van der Waals surface area contributed by atoms with Gasteiger partial charge in [-0.05, 0) is 29.8 Å². The third-order valence-corrected chi connectivity index (χ3v) is 4.27. The lowest BCUT2D eigenvalue weighted by Gasteiger charge is -2.11. The van der Waals surface area contributed by atoms with Crippen LogP contribution in [0.2, 0.25) is 5.02 Å².